The van der Waals surface area contributed by atoms with E-state index >= 15 is 0 Å². The SMILES string of the molecule is COCCNC(=O)CN(Cc1ccc(N)cc1)C(C)C. The van der Waals surface area contributed by atoms with Crippen molar-refractivity contribution in [2.75, 3.05) is 32.5 Å². The van der Waals surface area contributed by atoms with Crippen LogP contribution in [0.3, 0.4) is 0 Å². The van der Waals surface area contributed by atoms with Crippen molar-refractivity contribution >= 4 is 11.6 Å². The monoisotopic (exact) mass is 279 g/mol. The normalized spacial score (nSPS) is 11.1. The van der Waals surface area contributed by atoms with E-state index < -0.39 is 0 Å². The number of hydrogen-bond acceptors (Lipinski definition) is 4. The summed E-state index contributed by atoms with van der Waals surface area (Å²) in [7, 11) is 1.62. The van der Waals surface area contributed by atoms with Gasteiger partial charge in [0.15, 0.2) is 0 Å². The molecule has 0 aliphatic heterocycles. The average Bonchev–Trinajstić information content (AvgIpc) is 2.40. The van der Waals surface area contributed by atoms with E-state index in [0.717, 1.165) is 17.8 Å². The molecule has 0 saturated heterocycles. The van der Waals surface area contributed by atoms with Crippen molar-refractivity contribution in [1.29, 1.82) is 0 Å². The molecule has 0 aliphatic rings. The molecular formula is C15H25N3O2. The van der Waals surface area contributed by atoms with Crippen molar-refractivity contribution in [2.24, 2.45) is 0 Å². The molecule has 1 rings (SSSR count). The number of hydrogen-bond donors (Lipinski definition) is 2. The Labute approximate surface area is 121 Å². The number of anilines is 1. The molecule has 112 valence electrons. The number of benzene rings is 1. The van der Waals surface area contributed by atoms with Crippen molar-refractivity contribution in [3.8, 4) is 0 Å². The van der Waals surface area contributed by atoms with Gasteiger partial charge in [0.25, 0.3) is 0 Å². The van der Waals surface area contributed by atoms with Crippen LogP contribution in [-0.4, -0.2) is 43.7 Å². The smallest absolute Gasteiger partial charge is 0.234 e. The summed E-state index contributed by atoms with van der Waals surface area (Å²) in [4.78, 5) is 14.0. The first-order valence-corrected chi connectivity index (χ1v) is 6.87. The van der Waals surface area contributed by atoms with Gasteiger partial charge in [0.1, 0.15) is 0 Å². The number of rotatable bonds is 8. The molecule has 0 fully saturated rings. The topological polar surface area (TPSA) is 67.6 Å². The van der Waals surface area contributed by atoms with Crippen LogP contribution >= 0.6 is 0 Å². The van der Waals surface area contributed by atoms with E-state index in [1.165, 1.54) is 0 Å². The van der Waals surface area contributed by atoms with Gasteiger partial charge in [0.2, 0.25) is 5.91 Å². The van der Waals surface area contributed by atoms with E-state index in [9.17, 15) is 4.79 Å². The zero-order valence-electron chi connectivity index (χ0n) is 12.6. The minimum absolute atomic E-state index is 0.0196. The highest BCUT2D eigenvalue weighted by molar-refractivity contribution is 5.78. The van der Waals surface area contributed by atoms with Crippen LogP contribution in [0.15, 0.2) is 24.3 Å². The number of amides is 1. The lowest BCUT2D eigenvalue weighted by Gasteiger charge is -2.26. The predicted molar refractivity (Wildman–Crippen MR) is 81.3 cm³/mol. The van der Waals surface area contributed by atoms with Crippen molar-refractivity contribution < 1.29 is 9.53 Å². The molecule has 1 aromatic carbocycles. The van der Waals surface area contributed by atoms with E-state index in [4.69, 9.17) is 10.5 Å². The maximum atomic E-state index is 11.8. The summed E-state index contributed by atoms with van der Waals surface area (Å²) in [5.74, 6) is 0.0196. The molecular weight excluding hydrogens is 254 g/mol. The van der Waals surface area contributed by atoms with Crippen LogP contribution in [0.2, 0.25) is 0 Å². The first-order valence-electron chi connectivity index (χ1n) is 6.87. The second kappa shape index (κ2) is 8.55. The number of methoxy groups -OCH3 is 1. The molecule has 0 spiro atoms. The minimum Gasteiger partial charge on any atom is -0.399 e. The number of nitrogens with zero attached hydrogens (tertiary/aromatic N) is 1. The zero-order chi connectivity index (χ0) is 15.0. The Bertz CT molecular complexity index is 404. The zero-order valence-corrected chi connectivity index (χ0v) is 12.6. The number of nitrogen functional groups attached to an aromatic ring is 1. The van der Waals surface area contributed by atoms with E-state index in [2.05, 4.69) is 24.1 Å². The van der Waals surface area contributed by atoms with E-state index in [1.807, 2.05) is 24.3 Å². The van der Waals surface area contributed by atoms with Crippen LogP contribution < -0.4 is 11.1 Å². The number of carbonyl (C=O) groups excluding carboxylic acids is 1. The highest BCUT2D eigenvalue weighted by Gasteiger charge is 2.14. The Morgan fingerprint density at radius 3 is 2.55 bits per heavy atom. The molecule has 0 bridgehead atoms. The van der Waals surface area contributed by atoms with Gasteiger partial charge in [0.05, 0.1) is 13.2 Å². The van der Waals surface area contributed by atoms with Gasteiger partial charge >= 0.3 is 0 Å². The summed E-state index contributed by atoms with van der Waals surface area (Å²) in [6.07, 6.45) is 0. The van der Waals surface area contributed by atoms with Crippen LogP contribution in [0.25, 0.3) is 0 Å². The molecule has 1 aromatic rings. The second-order valence-corrected chi connectivity index (χ2v) is 5.08. The van der Waals surface area contributed by atoms with E-state index in [0.29, 0.717) is 25.7 Å². The molecule has 0 saturated carbocycles. The molecule has 0 radical (unpaired) electrons. The number of nitrogens with one attached hydrogen (secondary N) is 1. The minimum atomic E-state index is 0.0196. The van der Waals surface area contributed by atoms with Crippen molar-refractivity contribution in [2.45, 2.75) is 26.4 Å². The van der Waals surface area contributed by atoms with Gasteiger partial charge < -0.3 is 15.8 Å². The largest absolute Gasteiger partial charge is 0.399 e. The number of carbonyl (C=O) groups is 1. The Morgan fingerprint density at radius 2 is 2.00 bits per heavy atom. The third-order valence-electron chi connectivity index (χ3n) is 3.07. The maximum Gasteiger partial charge on any atom is 0.234 e. The quantitative estimate of drug-likeness (QED) is 0.555. The molecule has 0 atom stereocenters. The summed E-state index contributed by atoms with van der Waals surface area (Å²) < 4.78 is 4.91. The average molecular weight is 279 g/mol. The van der Waals surface area contributed by atoms with Gasteiger partial charge in [-0.15, -0.1) is 0 Å². The van der Waals surface area contributed by atoms with Gasteiger partial charge in [-0.2, -0.15) is 0 Å². The lowest BCUT2D eigenvalue weighted by Crippen LogP contribution is -2.41. The molecule has 0 heterocycles. The fourth-order valence-electron chi connectivity index (χ4n) is 1.81. The van der Waals surface area contributed by atoms with Crippen LogP contribution in [0, 0.1) is 0 Å². The molecule has 3 N–H and O–H groups in total. The van der Waals surface area contributed by atoms with Crippen LogP contribution in [-0.2, 0) is 16.1 Å². The first-order chi connectivity index (χ1) is 9.52. The molecule has 0 aliphatic carbocycles. The van der Waals surface area contributed by atoms with Gasteiger partial charge in [-0.3, -0.25) is 9.69 Å². The van der Waals surface area contributed by atoms with Gasteiger partial charge in [-0.25, -0.2) is 0 Å². The van der Waals surface area contributed by atoms with Crippen LogP contribution in [0.4, 0.5) is 5.69 Å². The van der Waals surface area contributed by atoms with Crippen molar-refractivity contribution in [3.05, 3.63) is 29.8 Å². The van der Waals surface area contributed by atoms with E-state index in [1.54, 1.807) is 7.11 Å². The molecule has 0 aromatic heterocycles. The highest BCUT2D eigenvalue weighted by atomic mass is 16.5. The molecule has 1 amide bonds. The Balaban J connectivity index is 2.52. The van der Waals surface area contributed by atoms with Gasteiger partial charge in [-0.1, -0.05) is 12.1 Å². The first kappa shape index (κ1) is 16.5. The summed E-state index contributed by atoms with van der Waals surface area (Å²) >= 11 is 0. The Morgan fingerprint density at radius 1 is 1.35 bits per heavy atom. The number of nitrogens with two attached hydrogens (primary N) is 1. The third-order valence-corrected chi connectivity index (χ3v) is 3.07. The third kappa shape index (κ3) is 6.04. The van der Waals surface area contributed by atoms with Crippen LogP contribution in [0.1, 0.15) is 19.4 Å². The second-order valence-electron chi connectivity index (χ2n) is 5.08. The van der Waals surface area contributed by atoms with Crippen molar-refractivity contribution in [1.82, 2.24) is 10.2 Å². The molecule has 5 heteroatoms. The summed E-state index contributed by atoms with van der Waals surface area (Å²) in [5.41, 5.74) is 7.58. The molecule has 20 heavy (non-hydrogen) atoms. The summed E-state index contributed by atoms with van der Waals surface area (Å²) in [6, 6.07) is 8.04. The Hall–Kier alpha value is -1.59. The lowest BCUT2D eigenvalue weighted by molar-refractivity contribution is -0.123. The highest BCUT2D eigenvalue weighted by Crippen LogP contribution is 2.10. The lowest BCUT2D eigenvalue weighted by atomic mass is 10.1. The fourth-order valence-corrected chi connectivity index (χ4v) is 1.81. The van der Waals surface area contributed by atoms with Gasteiger partial charge in [-0.05, 0) is 31.5 Å². The van der Waals surface area contributed by atoms with E-state index in [-0.39, 0.29) is 5.91 Å². The predicted octanol–water partition coefficient (Wildman–Crippen LogP) is 1.24. The maximum absolute atomic E-state index is 11.8. The molecule has 0 unspecified atom stereocenters. The standard InChI is InChI=1S/C15H25N3O2/c1-12(2)18(11-15(19)17-8-9-20-3)10-13-4-6-14(16)7-5-13/h4-7,12H,8-11,16H2,1-3H3,(H,17,19). The summed E-state index contributed by atoms with van der Waals surface area (Å²) in [6.45, 7) is 6.36. The van der Waals surface area contributed by atoms with Crippen LogP contribution in [0.5, 0.6) is 0 Å². The fraction of sp³-hybridized carbons (Fsp3) is 0.533. The van der Waals surface area contributed by atoms with Gasteiger partial charge in [0, 0.05) is 31.9 Å². The summed E-state index contributed by atoms with van der Waals surface area (Å²) in [5, 5.41) is 2.84. The number of ether oxygens (including phenoxy) is 1. The van der Waals surface area contributed by atoms with Crippen molar-refractivity contribution in [3.63, 3.8) is 0 Å². The Kier molecular flexibility index (Phi) is 7.04. The molecule has 5 nitrogen and oxygen atoms in total.